The van der Waals surface area contributed by atoms with Gasteiger partial charge >= 0.3 is 6.55 Å². The number of hydrogen-bond acceptors (Lipinski definition) is 4. The third kappa shape index (κ3) is 3.38. The van der Waals surface area contributed by atoms with Crippen molar-refractivity contribution in [1.82, 2.24) is 19.5 Å². The molecule has 0 amide bonds. The highest BCUT2D eigenvalue weighted by atomic mass is 32.2. The molecule has 0 fully saturated rings. The maximum Gasteiger partial charge on any atom is 0.319 e. The summed E-state index contributed by atoms with van der Waals surface area (Å²) in [5, 5.41) is 0.369. The molecular formula is C16H14F2N4OS. The molecule has 0 spiro atoms. The third-order valence-electron chi connectivity index (χ3n) is 3.47. The lowest BCUT2D eigenvalue weighted by Crippen LogP contribution is -2.14. The van der Waals surface area contributed by atoms with Gasteiger partial charge in [0.15, 0.2) is 5.16 Å². The average Bonchev–Trinajstić information content (AvgIpc) is 3.05. The first-order valence-corrected chi connectivity index (χ1v) is 8.14. The van der Waals surface area contributed by atoms with E-state index < -0.39 is 6.55 Å². The predicted octanol–water partition coefficient (Wildman–Crippen LogP) is 3.63. The minimum absolute atomic E-state index is 0.178. The van der Waals surface area contributed by atoms with Gasteiger partial charge in [-0.3, -0.25) is 9.36 Å². The minimum atomic E-state index is -2.65. The van der Waals surface area contributed by atoms with Crippen molar-refractivity contribution in [3.63, 3.8) is 0 Å². The highest BCUT2D eigenvalue weighted by molar-refractivity contribution is 7.98. The molecule has 0 radical (unpaired) electrons. The molecule has 2 aromatic heterocycles. The summed E-state index contributed by atoms with van der Waals surface area (Å²) in [6, 6.07) is 9.35. The number of thioether (sulfide) groups is 1. The Labute approximate surface area is 140 Å². The molecule has 0 aliphatic carbocycles. The van der Waals surface area contributed by atoms with Gasteiger partial charge in [0.25, 0.3) is 5.56 Å². The normalized spacial score (nSPS) is 11.2. The molecule has 3 rings (SSSR count). The first-order valence-electron chi connectivity index (χ1n) is 7.15. The minimum Gasteiger partial charge on any atom is -0.301 e. The Morgan fingerprint density at radius 3 is 2.75 bits per heavy atom. The quantitative estimate of drug-likeness (QED) is 0.565. The molecule has 24 heavy (non-hydrogen) atoms. The topological polar surface area (TPSA) is 63.6 Å². The maximum atomic E-state index is 12.8. The van der Waals surface area contributed by atoms with Crippen molar-refractivity contribution in [1.29, 1.82) is 0 Å². The zero-order valence-corrected chi connectivity index (χ0v) is 13.6. The molecule has 2 heterocycles. The van der Waals surface area contributed by atoms with Crippen LogP contribution in [0.5, 0.6) is 0 Å². The Hall–Kier alpha value is -2.48. The van der Waals surface area contributed by atoms with Crippen molar-refractivity contribution in [2.45, 2.75) is 24.4 Å². The number of benzene rings is 1. The number of alkyl halides is 2. The summed E-state index contributed by atoms with van der Waals surface area (Å²) in [5.41, 5.74) is 1.68. The molecule has 3 aromatic rings. The number of H-pyrrole nitrogens is 1. The van der Waals surface area contributed by atoms with Gasteiger partial charge in [-0.25, -0.2) is 9.97 Å². The van der Waals surface area contributed by atoms with Crippen LogP contribution in [-0.2, 0) is 5.75 Å². The number of rotatable bonds is 5. The number of aromatic nitrogens is 4. The molecular weight excluding hydrogens is 334 g/mol. The van der Waals surface area contributed by atoms with E-state index in [4.69, 9.17) is 0 Å². The molecule has 0 unspecified atom stereocenters. The van der Waals surface area contributed by atoms with Crippen LogP contribution in [0.4, 0.5) is 8.78 Å². The van der Waals surface area contributed by atoms with Gasteiger partial charge < -0.3 is 4.98 Å². The SMILES string of the molecule is Cc1c(-c2ccccc2)nc(SCc2nccn2C(F)F)[nH]c1=O. The van der Waals surface area contributed by atoms with Crippen molar-refractivity contribution in [2.75, 3.05) is 0 Å². The van der Waals surface area contributed by atoms with Gasteiger partial charge in [-0.2, -0.15) is 8.78 Å². The first kappa shape index (κ1) is 16.4. The fourth-order valence-electron chi connectivity index (χ4n) is 2.22. The highest BCUT2D eigenvalue weighted by Crippen LogP contribution is 2.24. The van der Waals surface area contributed by atoms with E-state index in [0.717, 1.165) is 21.9 Å². The second-order valence-corrected chi connectivity index (χ2v) is 5.99. The Morgan fingerprint density at radius 2 is 2.04 bits per heavy atom. The third-order valence-corrected chi connectivity index (χ3v) is 4.34. The van der Waals surface area contributed by atoms with Crippen LogP contribution in [-0.4, -0.2) is 19.5 Å². The number of hydrogen-bond donors (Lipinski definition) is 1. The van der Waals surface area contributed by atoms with Gasteiger partial charge in [-0.15, -0.1) is 0 Å². The fraction of sp³-hybridized carbons (Fsp3) is 0.188. The van der Waals surface area contributed by atoms with Crippen molar-refractivity contribution in [2.24, 2.45) is 0 Å². The summed E-state index contributed by atoms with van der Waals surface area (Å²) in [4.78, 5) is 23.2. The molecule has 0 atom stereocenters. The number of aromatic amines is 1. The summed E-state index contributed by atoms with van der Waals surface area (Å²) in [5.74, 6) is 0.400. The molecule has 0 aliphatic heterocycles. The van der Waals surface area contributed by atoms with Crippen molar-refractivity contribution in [3.05, 3.63) is 64.5 Å². The van der Waals surface area contributed by atoms with Crippen molar-refractivity contribution in [3.8, 4) is 11.3 Å². The van der Waals surface area contributed by atoms with E-state index in [1.807, 2.05) is 30.3 Å². The number of halogens is 2. The van der Waals surface area contributed by atoms with Crippen LogP contribution in [0.1, 0.15) is 17.9 Å². The zero-order chi connectivity index (χ0) is 17.1. The lowest BCUT2D eigenvalue weighted by atomic mass is 10.1. The van der Waals surface area contributed by atoms with Gasteiger partial charge in [0.2, 0.25) is 0 Å². The molecule has 0 bridgehead atoms. The smallest absolute Gasteiger partial charge is 0.301 e. The summed E-state index contributed by atoms with van der Waals surface area (Å²) in [7, 11) is 0. The number of nitrogens with one attached hydrogen (secondary N) is 1. The van der Waals surface area contributed by atoms with Gasteiger partial charge in [0.1, 0.15) is 5.82 Å². The molecule has 8 heteroatoms. The number of imidazole rings is 1. The molecule has 124 valence electrons. The predicted molar refractivity (Wildman–Crippen MR) is 88.1 cm³/mol. The number of nitrogens with zero attached hydrogens (tertiary/aromatic N) is 3. The van der Waals surface area contributed by atoms with Crippen LogP contribution in [0.15, 0.2) is 52.7 Å². The van der Waals surface area contributed by atoms with E-state index in [2.05, 4.69) is 15.0 Å². The Morgan fingerprint density at radius 1 is 1.29 bits per heavy atom. The molecule has 1 aromatic carbocycles. The Kier molecular flexibility index (Phi) is 4.75. The van der Waals surface area contributed by atoms with Crippen LogP contribution in [0, 0.1) is 6.92 Å². The first-order chi connectivity index (χ1) is 11.6. The Bertz CT molecular complexity index is 893. The van der Waals surface area contributed by atoms with Crippen LogP contribution >= 0.6 is 11.8 Å². The average molecular weight is 348 g/mol. The van der Waals surface area contributed by atoms with Crippen LogP contribution in [0.2, 0.25) is 0 Å². The standard InChI is InChI=1S/C16H14F2N4OS/c1-10-13(11-5-3-2-4-6-11)20-16(21-14(10)23)24-9-12-19-7-8-22(12)15(17)18/h2-8,15H,9H2,1H3,(H,20,21,23). The molecule has 0 saturated carbocycles. The molecule has 0 aliphatic rings. The lowest BCUT2D eigenvalue weighted by Gasteiger charge is -2.08. The van der Waals surface area contributed by atoms with E-state index >= 15 is 0 Å². The maximum absolute atomic E-state index is 12.8. The lowest BCUT2D eigenvalue weighted by molar-refractivity contribution is 0.0678. The summed E-state index contributed by atoms with van der Waals surface area (Å²) in [6.45, 7) is -0.945. The van der Waals surface area contributed by atoms with E-state index in [1.54, 1.807) is 6.92 Å². The van der Waals surface area contributed by atoms with E-state index in [1.165, 1.54) is 12.4 Å². The highest BCUT2D eigenvalue weighted by Gasteiger charge is 2.14. The van der Waals surface area contributed by atoms with Gasteiger partial charge in [-0.1, -0.05) is 42.1 Å². The zero-order valence-electron chi connectivity index (χ0n) is 12.7. The summed E-state index contributed by atoms with van der Waals surface area (Å²) in [6.07, 6.45) is 2.55. The second-order valence-electron chi connectivity index (χ2n) is 5.03. The fourth-order valence-corrected chi connectivity index (χ4v) is 3.03. The molecule has 0 saturated heterocycles. The monoisotopic (exact) mass is 348 g/mol. The van der Waals surface area contributed by atoms with Gasteiger partial charge in [-0.05, 0) is 6.92 Å². The largest absolute Gasteiger partial charge is 0.319 e. The summed E-state index contributed by atoms with van der Waals surface area (Å²) >= 11 is 1.16. The van der Waals surface area contributed by atoms with E-state index in [-0.39, 0.29) is 17.1 Å². The van der Waals surface area contributed by atoms with Crippen molar-refractivity contribution < 1.29 is 8.78 Å². The van der Waals surface area contributed by atoms with E-state index in [9.17, 15) is 13.6 Å². The van der Waals surface area contributed by atoms with Gasteiger partial charge in [0, 0.05) is 23.5 Å². The van der Waals surface area contributed by atoms with E-state index in [0.29, 0.717) is 16.4 Å². The van der Waals surface area contributed by atoms with Crippen LogP contribution in [0.25, 0.3) is 11.3 Å². The second kappa shape index (κ2) is 6.96. The van der Waals surface area contributed by atoms with Crippen molar-refractivity contribution >= 4 is 11.8 Å². The summed E-state index contributed by atoms with van der Waals surface area (Å²) < 4.78 is 26.4. The van der Waals surface area contributed by atoms with Crippen LogP contribution in [0.3, 0.4) is 0 Å². The van der Waals surface area contributed by atoms with Crippen LogP contribution < -0.4 is 5.56 Å². The molecule has 5 nitrogen and oxygen atoms in total. The Balaban J connectivity index is 1.88. The van der Waals surface area contributed by atoms with Gasteiger partial charge in [0.05, 0.1) is 11.4 Å². The molecule has 1 N–H and O–H groups in total.